The van der Waals surface area contributed by atoms with Gasteiger partial charge in [-0.25, -0.2) is 0 Å². The molecule has 2 heterocycles. The Morgan fingerprint density at radius 1 is 1.48 bits per heavy atom. The number of nitrogen functional groups attached to an aromatic ring is 1. The maximum atomic E-state index is 12.8. The summed E-state index contributed by atoms with van der Waals surface area (Å²) >= 11 is 0.905. The molecule has 21 heavy (non-hydrogen) atoms. The topological polar surface area (TPSA) is 96.1 Å². The van der Waals surface area contributed by atoms with E-state index in [1.165, 1.54) is 4.90 Å². The number of nitrogens with two attached hydrogens (primary N) is 2. The third kappa shape index (κ3) is 2.90. The van der Waals surface area contributed by atoms with E-state index in [0.29, 0.717) is 13.0 Å². The second kappa shape index (κ2) is 5.44. The average molecular weight is 318 g/mol. The number of alkyl halides is 3. The number of thiophene rings is 1. The lowest BCUT2D eigenvalue weighted by Gasteiger charge is -2.34. The van der Waals surface area contributed by atoms with Crippen LogP contribution in [0.15, 0.2) is 0 Å². The fourth-order valence-electron chi connectivity index (χ4n) is 2.40. The minimum Gasteiger partial charge on any atom is -0.396 e. The van der Waals surface area contributed by atoms with Crippen LogP contribution in [0.25, 0.3) is 0 Å². The van der Waals surface area contributed by atoms with E-state index in [2.05, 4.69) is 0 Å². The molecule has 4 N–H and O–H groups in total. The molecule has 1 saturated heterocycles. The fraction of sp³-hybridized carbons (Fsp3) is 0.500. The van der Waals surface area contributed by atoms with Crippen molar-refractivity contribution >= 4 is 27.9 Å². The molecule has 1 aliphatic heterocycles. The Kier molecular flexibility index (Phi) is 4.00. The van der Waals surface area contributed by atoms with Crippen molar-refractivity contribution in [1.82, 2.24) is 0 Å². The lowest BCUT2D eigenvalue weighted by Crippen LogP contribution is -2.42. The Hall–Kier alpha value is -1.95. The molecule has 0 aromatic carbocycles. The first kappa shape index (κ1) is 15.4. The number of amides is 1. The predicted octanol–water partition coefficient (Wildman–Crippen LogP) is 2.08. The molecule has 1 atom stereocenters. The van der Waals surface area contributed by atoms with E-state index in [1.54, 1.807) is 0 Å². The van der Waals surface area contributed by atoms with Crippen molar-refractivity contribution in [2.75, 3.05) is 23.7 Å². The maximum Gasteiger partial charge on any atom is 0.393 e. The Balaban J connectivity index is 2.38. The van der Waals surface area contributed by atoms with Crippen molar-refractivity contribution < 1.29 is 18.0 Å². The summed E-state index contributed by atoms with van der Waals surface area (Å²) in [6.07, 6.45) is -3.88. The highest BCUT2D eigenvalue weighted by Crippen LogP contribution is 2.41. The number of hydrogen-bond donors (Lipinski definition) is 2. The predicted molar refractivity (Wildman–Crippen MR) is 73.0 cm³/mol. The summed E-state index contributed by atoms with van der Waals surface area (Å²) in [5, 5.41) is 9.20. The first-order valence-electron chi connectivity index (χ1n) is 6.19. The number of carbonyl (C=O) groups is 1. The molecule has 0 bridgehead atoms. The molecule has 1 aromatic heterocycles. The number of primary amides is 1. The number of piperidine rings is 1. The van der Waals surface area contributed by atoms with E-state index in [-0.39, 0.29) is 34.1 Å². The number of carbonyl (C=O) groups excluding carboxylic acids is 1. The summed E-state index contributed by atoms with van der Waals surface area (Å²) in [6, 6.07) is 1.83. The SMILES string of the molecule is N#Cc1sc(N2CCCC(C(F)(F)F)C2)c(C(N)=O)c1N. The highest BCUT2D eigenvalue weighted by atomic mass is 32.1. The molecule has 1 fully saturated rings. The van der Waals surface area contributed by atoms with Gasteiger partial charge in [0.2, 0.25) is 0 Å². The highest BCUT2D eigenvalue weighted by Gasteiger charge is 2.42. The average Bonchev–Trinajstić information content (AvgIpc) is 2.75. The summed E-state index contributed by atoms with van der Waals surface area (Å²) < 4.78 is 38.5. The fourth-order valence-corrected chi connectivity index (χ4v) is 3.46. The van der Waals surface area contributed by atoms with Crippen molar-refractivity contribution in [3.8, 4) is 6.07 Å². The normalized spacial score (nSPS) is 19.3. The Morgan fingerprint density at radius 2 is 2.14 bits per heavy atom. The monoisotopic (exact) mass is 318 g/mol. The molecule has 1 unspecified atom stereocenters. The van der Waals surface area contributed by atoms with Crippen LogP contribution in [0.5, 0.6) is 0 Å². The van der Waals surface area contributed by atoms with Crippen molar-refractivity contribution in [1.29, 1.82) is 5.26 Å². The molecule has 1 aliphatic rings. The molecule has 0 radical (unpaired) electrons. The third-order valence-electron chi connectivity index (χ3n) is 3.45. The van der Waals surface area contributed by atoms with Crippen LogP contribution < -0.4 is 16.4 Å². The highest BCUT2D eigenvalue weighted by molar-refractivity contribution is 7.17. The standard InChI is InChI=1S/C12H13F3N4OS/c13-12(14,15)6-2-1-3-19(5-6)11-8(10(18)20)9(17)7(4-16)21-11/h6H,1-3,5,17H2,(H2,18,20). The Morgan fingerprint density at radius 3 is 2.67 bits per heavy atom. The van der Waals surface area contributed by atoms with Crippen molar-refractivity contribution in [2.24, 2.45) is 11.7 Å². The lowest BCUT2D eigenvalue weighted by atomic mass is 9.97. The first-order chi connectivity index (χ1) is 9.75. The summed E-state index contributed by atoms with van der Waals surface area (Å²) in [4.78, 5) is 13.0. The molecular weight excluding hydrogens is 305 g/mol. The van der Waals surface area contributed by atoms with Gasteiger partial charge in [-0.2, -0.15) is 18.4 Å². The number of rotatable bonds is 2. The number of halogens is 3. The van der Waals surface area contributed by atoms with Crippen LogP contribution in [0.3, 0.4) is 0 Å². The number of nitrogens with zero attached hydrogens (tertiary/aromatic N) is 2. The van der Waals surface area contributed by atoms with Gasteiger partial charge in [0.25, 0.3) is 5.91 Å². The van der Waals surface area contributed by atoms with Crippen molar-refractivity contribution in [2.45, 2.75) is 19.0 Å². The van der Waals surface area contributed by atoms with Crippen LogP contribution in [0.2, 0.25) is 0 Å². The lowest BCUT2D eigenvalue weighted by molar-refractivity contribution is -0.175. The molecule has 0 aliphatic carbocycles. The third-order valence-corrected chi connectivity index (χ3v) is 4.62. The molecule has 9 heteroatoms. The summed E-state index contributed by atoms with van der Waals surface area (Å²) in [5.41, 5.74) is 10.8. The van der Waals surface area contributed by atoms with Gasteiger partial charge in [0.1, 0.15) is 15.9 Å². The minimum absolute atomic E-state index is 0.0534. The molecule has 1 amide bonds. The van der Waals surface area contributed by atoms with Gasteiger partial charge >= 0.3 is 6.18 Å². The van der Waals surface area contributed by atoms with Crippen molar-refractivity contribution in [3.05, 3.63) is 10.4 Å². The van der Waals surface area contributed by atoms with Gasteiger partial charge in [-0.1, -0.05) is 0 Å². The van der Waals surface area contributed by atoms with Crippen LogP contribution in [0.1, 0.15) is 28.1 Å². The zero-order valence-corrected chi connectivity index (χ0v) is 11.7. The quantitative estimate of drug-likeness (QED) is 0.872. The number of nitriles is 1. The smallest absolute Gasteiger partial charge is 0.393 e. The van der Waals surface area contributed by atoms with Gasteiger partial charge in [0, 0.05) is 13.1 Å². The second-order valence-corrected chi connectivity index (χ2v) is 5.83. The van der Waals surface area contributed by atoms with Gasteiger partial charge in [-0.05, 0) is 12.8 Å². The van der Waals surface area contributed by atoms with Crippen LogP contribution in [-0.2, 0) is 0 Å². The summed E-state index contributed by atoms with van der Waals surface area (Å²) in [6.45, 7) is 0.117. The van der Waals surface area contributed by atoms with Crippen LogP contribution in [0.4, 0.5) is 23.9 Å². The van der Waals surface area contributed by atoms with Gasteiger partial charge in [-0.15, -0.1) is 11.3 Å². The summed E-state index contributed by atoms with van der Waals surface area (Å²) in [5.74, 6) is -2.30. The van der Waals surface area contributed by atoms with E-state index < -0.39 is 18.0 Å². The molecule has 114 valence electrons. The van der Waals surface area contributed by atoms with Crippen LogP contribution in [-0.4, -0.2) is 25.2 Å². The molecule has 2 rings (SSSR count). The Bertz CT molecular complexity index is 605. The van der Waals surface area contributed by atoms with Crippen LogP contribution in [0, 0.1) is 17.2 Å². The van der Waals surface area contributed by atoms with Crippen LogP contribution >= 0.6 is 11.3 Å². The summed E-state index contributed by atoms with van der Waals surface area (Å²) in [7, 11) is 0. The van der Waals surface area contributed by atoms with E-state index in [0.717, 1.165) is 11.3 Å². The molecular formula is C12H13F3N4OS. The molecule has 5 nitrogen and oxygen atoms in total. The minimum atomic E-state index is -4.29. The number of hydrogen-bond acceptors (Lipinski definition) is 5. The largest absolute Gasteiger partial charge is 0.396 e. The second-order valence-electron chi connectivity index (χ2n) is 4.83. The molecule has 1 aromatic rings. The van der Waals surface area contributed by atoms with Gasteiger partial charge in [0.05, 0.1) is 17.2 Å². The molecule has 0 spiro atoms. The van der Waals surface area contributed by atoms with E-state index >= 15 is 0 Å². The van der Waals surface area contributed by atoms with E-state index in [4.69, 9.17) is 16.7 Å². The zero-order chi connectivity index (χ0) is 15.8. The first-order valence-corrected chi connectivity index (χ1v) is 7.01. The van der Waals surface area contributed by atoms with E-state index in [1.807, 2.05) is 6.07 Å². The maximum absolute atomic E-state index is 12.8. The van der Waals surface area contributed by atoms with Crippen molar-refractivity contribution in [3.63, 3.8) is 0 Å². The Labute approximate surface area is 122 Å². The van der Waals surface area contributed by atoms with Gasteiger partial charge < -0.3 is 16.4 Å². The molecule has 0 saturated carbocycles. The zero-order valence-electron chi connectivity index (χ0n) is 10.9. The number of anilines is 2. The van der Waals surface area contributed by atoms with E-state index in [9.17, 15) is 18.0 Å². The van der Waals surface area contributed by atoms with Gasteiger partial charge in [-0.3, -0.25) is 4.79 Å². The van der Waals surface area contributed by atoms with Gasteiger partial charge in [0.15, 0.2) is 0 Å².